The summed E-state index contributed by atoms with van der Waals surface area (Å²) < 4.78 is 0. The Kier molecular flexibility index (Phi) is 2.90. The van der Waals surface area contributed by atoms with E-state index in [4.69, 9.17) is 5.11 Å². The Balaban J connectivity index is 2.88. The largest absolute Gasteiger partial charge is 0.504 e. The van der Waals surface area contributed by atoms with E-state index in [0.717, 1.165) is 6.29 Å². The molecule has 1 aromatic carbocycles. The molecule has 0 saturated carbocycles. The number of benzene rings is 1. The number of phenolic OH excluding ortho intramolecular Hbond substituents is 2. The van der Waals surface area contributed by atoms with Crippen LogP contribution < -0.4 is 0 Å². The van der Waals surface area contributed by atoms with Gasteiger partial charge in [-0.3, -0.25) is 0 Å². The van der Waals surface area contributed by atoms with Crippen LogP contribution in [0.15, 0.2) is 18.2 Å². The van der Waals surface area contributed by atoms with Gasteiger partial charge < -0.3 is 15.0 Å². The maximum Gasteiger partial charge on any atom is 0.160 e. The third-order valence-corrected chi connectivity index (χ3v) is 1.87. The molecule has 0 aliphatic carbocycles. The highest BCUT2D eigenvalue weighted by Gasteiger charge is 2.08. The van der Waals surface area contributed by atoms with Crippen molar-refractivity contribution in [1.82, 2.24) is 0 Å². The maximum atomic E-state index is 10.4. The van der Waals surface area contributed by atoms with Gasteiger partial charge in [0.1, 0.15) is 6.29 Å². The van der Waals surface area contributed by atoms with Gasteiger partial charge >= 0.3 is 0 Å². The Morgan fingerprint density at radius 3 is 2.77 bits per heavy atom. The van der Waals surface area contributed by atoms with Gasteiger partial charge in [-0.1, -0.05) is 19.1 Å². The summed E-state index contributed by atoms with van der Waals surface area (Å²) >= 11 is 0. The summed E-state index contributed by atoms with van der Waals surface area (Å²) in [5, 5.41) is 18.5. The van der Waals surface area contributed by atoms with Crippen LogP contribution in [-0.4, -0.2) is 16.5 Å². The van der Waals surface area contributed by atoms with E-state index < -0.39 is 0 Å². The molecule has 3 heteroatoms. The average Bonchev–Trinajstić information content (AvgIpc) is 2.13. The van der Waals surface area contributed by atoms with Crippen molar-refractivity contribution < 1.29 is 15.0 Å². The second-order valence-electron chi connectivity index (χ2n) is 3.10. The van der Waals surface area contributed by atoms with Crippen LogP contribution in [0.5, 0.6) is 11.5 Å². The lowest BCUT2D eigenvalue weighted by Crippen LogP contribution is -2.00. The van der Waals surface area contributed by atoms with Gasteiger partial charge in [-0.15, -0.1) is 0 Å². The third kappa shape index (κ3) is 2.21. The number of hydrogen-bond acceptors (Lipinski definition) is 3. The fourth-order valence-corrected chi connectivity index (χ4v) is 1.14. The summed E-state index contributed by atoms with van der Waals surface area (Å²) in [7, 11) is 0. The number of aldehydes is 1. The summed E-state index contributed by atoms with van der Waals surface area (Å²) in [6.07, 6.45) is 1.27. The third-order valence-electron chi connectivity index (χ3n) is 1.87. The Morgan fingerprint density at radius 2 is 2.15 bits per heavy atom. The predicted octanol–water partition coefficient (Wildman–Crippen LogP) is 1.48. The molecule has 1 aromatic rings. The van der Waals surface area contributed by atoms with Gasteiger partial charge in [-0.2, -0.15) is 0 Å². The van der Waals surface area contributed by atoms with Crippen molar-refractivity contribution in [2.45, 2.75) is 13.3 Å². The molecule has 3 nitrogen and oxygen atoms in total. The zero-order chi connectivity index (χ0) is 9.84. The number of hydrogen-bond donors (Lipinski definition) is 2. The monoisotopic (exact) mass is 180 g/mol. The molecular weight excluding hydrogens is 168 g/mol. The number of carbonyl (C=O) groups excluding carboxylic acids is 1. The van der Waals surface area contributed by atoms with Gasteiger partial charge in [0.05, 0.1) is 0 Å². The zero-order valence-electron chi connectivity index (χ0n) is 7.40. The zero-order valence-corrected chi connectivity index (χ0v) is 7.40. The summed E-state index contributed by atoms with van der Waals surface area (Å²) in [5.74, 6) is -0.417. The van der Waals surface area contributed by atoms with Gasteiger partial charge in [-0.05, 0) is 18.1 Å². The van der Waals surface area contributed by atoms with E-state index in [0.29, 0.717) is 12.0 Å². The molecule has 0 radical (unpaired) electrons. The molecular formula is C10H12O3. The van der Waals surface area contributed by atoms with Crippen molar-refractivity contribution in [1.29, 1.82) is 0 Å². The molecule has 0 amide bonds. The molecule has 2 N–H and O–H groups in total. The quantitative estimate of drug-likeness (QED) is 0.547. The van der Waals surface area contributed by atoms with Crippen molar-refractivity contribution in [3.8, 4) is 11.5 Å². The van der Waals surface area contributed by atoms with Gasteiger partial charge in [-0.25, -0.2) is 0 Å². The minimum atomic E-state index is -0.146. The molecule has 13 heavy (non-hydrogen) atoms. The van der Waals surface area contributed by atoms with E-state index in [9.17, 15) is 9.90 Å². The first-order valence-electron chi connectivity index (χ1n) is 4.10. The van der Waals surface area contributed by atoms with E-state index in [2.05, 4.69) is 0 Å². The number of para-hydroxylation sites is 1. The minimum Gasteiger partial charge on any atom is -0.504 e. The number of aromatic hydroxyl groups is 2. The minimum absolute atomic E-state index is 0.129. The first-order chi connectivity index (χ1) is 6.15. The van der Waals surface area contributed by atoms with Crippen molar-refractivity contribution in [3.05, 3.63) is 23.8 Å². The van der Waals surface area contributed by atoms with Gasteiger partial charge in [0.25, 0.3) is 0 Å². The normalized spacial score (nSPS) is 12.4. The fraction of sp³-hybridized carbons (Fsp3) is 0.300. The summed E-state index contributed by atoms with van der Waals surface area (Å²) in [6, 6.07) is 4.74. The van der Waals surface area contributed by atoms with Gasteiger partial charge in [0.15, 0.2) is 11.5 Å². The number of phenols is 2. The van der Waals surface area contributed by atoms with Crippen molar-refractivity contribution in [2.75, 3.05) is 0 Å². The molecule has 0 aliphatic heterocycles. The van der Waals surface area contributed by atoms with Crippen LogP contribution >= 0.6 is 0 Å². The van der Waals surface area contributed by atoms with Crippen LogP contribution in [0.2, 0.25) is 0 Å². The molecule has 0 saturated heterocycles. The number of carbonyl (C=O) groups is 1. The molecule has 0 aliphatic rings. The Morgan fingerprint density at radius 1 is 1.46 bits per heavy atom. The van der Waals surface area contributed by atoms with Crippen LogP contribution in [0.1, 0.15) is 12.5 Å². The van der Waals surface area contributed by atoms with Crippen LogP contribution in [0.4, 0.5) is 0 Å². The van der Waals surface area contributed by atoms with Gasteiger partial charge in [0.2, 0.25) is 0 Å². The fourth-order valence-electron chi connectivity index (χ4n) is 1.14. The predicted molar refractivity (Wildman–Crippen MR) is 48.7 cm³/mol. The molecule has 0 heterocycles. The second kappa shape index (κ2) is 3.94. The van der Waals surface area contributed by atoms with Gasteiger partial charge in [0, 0.05) is 5.92 Å². The lowest BCUT2D eigenvalue weighted by molar-refractivity contribution is -0.110. The lowest BCUT2D eigenvalue weighted by Gasteiger charge is -2.06. The van der Waals surface area contributed by atoms with Crippen LogP contribution in [-0.2, 0) is 11.2 Å². The van der Waals surface area contributed by atoms with E-state index in [1.807, 2.05) is 0 Å². The van der Waals surface area contributed by atoms with E-state index in [1.165, 1.54) is 6.07 Å². The molecule has 1 unspecified atom stereocenters. The molecule has 0 aromatic heterocycles. The van der Waals surface area contributed by atoms with Crippen molar-refractivity contribution in [3.63, 3.8) is 0 Å². The molecule has 1 rings (SSSR count). The molecule has 0 bridgehead atoms. The van der Waals surface area contributed by atoms with Crippen LogP contribution in [0.3, 0.4) is 0 Å². The molecule has 70 valence electrons. The standard InChI is InChI=1S/C10H12O3/c1-7(6-11)5-8-3-2-4-9(12)10(8)13/h2-4,6-7,12-13H,5H2,1H3. The Bertz CT molecular complexity index is 307. The SMILES string of the molecule is CC(C=O)Cc1cccc(O)c1O. The highest BCUT2D eigenvalue weighted by atomic mass is 16.3. The number of rotatable bonds is 3. The first-order valence-corrected chi connectivity index (χ1v) is 4.10. The summed E-state index contributed by atoms with van der Waals surface area (Å²) in [6.45, 7) is 1.76. The molecule has 1 atom stereocenters. The second-order valence-corrected chi connectivity index (χ2v) is 3.10. The Labute approximate surface area is 76.6 Å². The Hall–Kier alpha value is -1.51. The van der Waals surface area contributed by atoms with E-state index in [-0.39, 0.29) is 17.4 Å². The highest BCUT2D eigenvalue weighted by molar-refractivity contribution is 5.55. The summed E-state index contributed by atoms with van der Waals surface area (Å²) in [5.41, 5.74) is 0.597. The first kappa shape index (κ1) is 9.58. The smallest absolute Gasteiger partial charge is 0.160 e. The topological polar surface area (TPSA) is 57.5 Å². The molecule has 0 spiro atoms. The van der Waals surface area contributed by atoms with Crippen LogP contribution in [0.25, 0.3) is 0 Å². The maximum absolute atomic E-state index is 10.4. The van der Waals surface area contributed by atoms with E-state index >= 15 is 0 Å². The van der Waals surface area contributed by atoms with Crippen molar-refractivity contribution in [2.24, 2.45) is 5.92 Å². The van der Waals surface area contributed by atoms with Crippen molar-refractivity contribution >= 4 is 6.29 Å². The molecule has 0 fully saturated rings. The van der Waals surface area contributed by atoms with E-state index in [1.54, 1.807) is 19.1 Å². The average molecular weight is 180 g/mol. The van der Waals surface area contributed by atoms with Crippen LogP contribution in [0, 0.1) is 5.92 Å². The lowest BCUT2D eigenvalue weighted by atomic mass is 10.0. The summed E-state index contributed by atoms with van der Waals surface area (Å²) in [4.78, 5) is 10.4. The highest BCUT2D eigenvalue weighted by Crippen LogP contribution is 2.29.